The van der Waals surface area contributed by atoms with Gasteiger partial charge in [0, 0.05) is 13.2 Å². The third-order valence-electron chi connectivity index (χ3n) is 3.67. The largest absolute Gasteiger partial charge is 0.462 e. The minimum atomic E-state index is -0.205. The Morgan fingerprint density at radius 2 is 2.10 bits per heavy atom. The van der Waals surface area contributed by atoms with Gasteiger partial charge >= 0.3 is 5.97 Å². The van der Waals surface area contributed by atoms with Crippen LogP contribution in [0.1, 0.15) is 28.8 Å². The SMILES string of the molecule is CNCCc1ccccc1C(=O)OCC1CCOCC1. The molecule has 0 atom stereocenters. The highest BCUT2D eigenvalue weighted by Gasteiger charge is 2.17. The molecule has 0 radical (unpaired) electrons. The van der Waals surface area contributed by atoms with Gasteiger partial charge in [-0.05, 0) is 50.4 Å². The van der Waals surface area contributed by atoms with E-state index >= 15 is 0 Å². The van der Waals surface area contributed by atoms with Crippen LogP contribution in [-0.2, 0) is 15.9 Å². The molecule has 1 aromatic rings. The lowest BCUT2D eigenvalue weighted by Crippen LogP contribution is -2.22. The van der Waals surface area contributed by atoms with E-state index in [1.54, 1.807) is 0 Å². The molecule has 0 saturated carbocycles. The van der Waals surface area contributed by atoms with Crippen LogP contribution in [0.3, 0.4) is 0 Å². The summed E-state index contributed by atoms with van der Waals surface area (Å²) in [7, 11) is 1.91. The normalized spacial score (nSPS) is 16.1. The maximum absolute atomic E-state index is 12.2. The molecule has 1 heterocycles. The Balaban J connectivity index is 1.90. The topological polar surface area (TPSA) is 47.6 Å². The van der Waals surface area contributed by atoms with Crippen molar-refractivity contribution in [3.8, 4) is 0 Å². The molecule has 20 heavy (non-hydrogen) atoms. The second kappa shape index (κ2) is 8.02. The Morgan fingerprint density at radius 3 is 2.85 bits per heavy atom. The van der Waals surface area contributed by atoms with Gasteiger partial charge in [0.15, 0.2) is 0 Å². The Labute approximate surface area is 120 Å². The summed E-state index contributed by atoms with van der Waals surface area (Å²) in [4.78, 5) is 12.2. The number of carbonyl (C=O) groups excluding carboxylic acids is 1. The summed E-state index contributed by atoms with van der Waals surface area (Å²) in [6.07, 6.45) is 2.79. The molecule has 1 N–H and O–H groups in total. The van der Waals surface area contributed by atoms with Crippen LogP contribution in [0, 0.1) is 5.92 Å². The predicted octanol–water partition coefficient (Wildman–Crippen LogP) is 2.03. The van der Waals surface area contributed by atoms with Crippen LogP contribution in [0.15, 0.2) is 24.3 Å². The van der Waals surface area contributed by atoms with Gasteiger partial charge in [-0.15, -0.1) is 0 Å². The molecule has 0 spiro atoms. The lowest BCUT2D eigenvalue weighted by Gasteiger charge is -2.21. The first-order chi connectivity index (χ1) is 9.81. The average Bonchev–Trinajstić information content (AvgIpc) is 2.52. The predicted molar refractivity (Wildman–Crippen MR) is 77.9 cm³/mol. The van der Waals surface area contributed by atoms with E-state index in [1.165, 1.54) is 0 Å². The molecule has 110 valence electrons. The minimum absolute atomic E-state index is 0.205. The molecule has 1 fully saturated rings. The van der Waals surface area contributed by atoms with Crippen molar-refractivity contribution in [3.05, 3.63) is 35.4 Å². The van der Waals surface area contributed by atoms with E-state index in [1.807, 2.05) is 31.3 Å². The Kier molecular flexibility index (Phi) is 6.02. The second-order valence-corrected chi connectivity index (χ2v) is 5.16. The number of ether oxygens (including phenoxy) is 2. The molecule has 4 nitrogen and oxygen atoms in total. The zero-order chi connectivity index (χ0) is 14.2. The van der Waals surface area contributed by atoms with E-state index in [2.05, 4.69) is 5.32 Å². The zero-order valence-corrected chi connectivity index (χ0v) is 12.1. The van der Waals surface area contributed by atoms with Gasteiger partial charge in [0.1, 0.15) is 0 Å². The standard InChI is InChI=1S/C16H23NO3/c1-17-9-6-14-4-2-3-5-15(14)16(18)20-12-13-7-10-19-11-8-13/h2-5,13,17H,6-12H2,1H3. The van der Waals surface area contributed by atoms with Gasteiger partial charge in [0.25, 0.3) is 0 Å². The van der Waals surface area contributed by atoms with E-state index in [0.717, 1.165) is 44.6 Å². The van der Waals surface area contributed by atoms with E-state index in [9.17, 15) is 4.79 Å². The van der Waals surface area contributed by atoms with Crippen molar-refractivity contribution >= 4 is 5.97 Å². The molecule has 1 aliphatic rings. The van der Waals surface area contributed by atoms with Crippen LogP contribution in [-0.4, -0.2) is 39.4 Å². The van der Waals surface area contributed by atoms with Crippen molar-refractivity contribution in [2.24, 2.45) is 5.92 Å². The van der Waals surface area contributed by atoms with Crippen LogP contribution >= 0.6 is 0 Å². The summed E-state index contributed by atoms with van der Waals surface area (Å²) in [5.74, 6) is 0.236. The van der Waals surface area contributed by atoms with E-state index in [0.29, 0.717) is 18.1 Å². The maximum Gasteiger partial charge on any atom is 0.338 e. The molecule has 1 saturated heterocycles. The van der Waals surface area contributed by atoms with Gasteiger partial charge in [0.05, 0.1) is 12.2 Å². The number of benzene rings is 1. The van der Waals surface area contributed by atoms with Crippen LogP contribution in [0.25, 0.3) is 0 Å². The lowest BCUT2D eigenvalue weighted by atomic mass is 10.0. The van der Waals surface area contributed by atoms with E-state index < -0.39 is 0 Å². The first kappa shape index (κ1) is 15.0. The van der Waals surface area contributed by atoms with Gasteiger partial charge in [-0.1, -0.05) is 18.2 Å². The molecule has 0 aromatic heterocycles. The molecule has 1 aromatic carbocycles. The second-order valence-electron chi connectivity index (χ2n) is 5.16. The van der Waals surface area contributed by atoms with Gasteiger partial charge in [-0.2, -0.15) is 0 Å². The number of carbonyl (C=O) groups is 1. The molecule has 2 rings (SSSR count). The van der Waals surface area contributed by atoms with Gasteiger partial charge < -0.3 is 14.8 Å². The average molecular weight is 277 g/mol. The fraction of sp³-hybridized carbons (Fsp3) is 0.562. The highest BCUT2D eigenvalue weighted by molar-refractivity contribution is 5.91. The quantitative estimate of drug-likeness (QED) is 0.808. The van der Waals surface area contributed by atoms with Gasteiger partial charge in [-0.3, -0.25) is 0 Å². The van der Waals surface area contributed by atoms with Crippen molar-refractivity contribution in [1.29, 1.82) is 0 Å². The van der Waals surface area contributed by atoms with Gasteiger partial charge in [-0.25, -0.2) is 4.79 Å². The van der Waals surface area contributed by atoms with Crippen molar-refractivity contribution < 1.29 is 14.3 Å². The van der Waals surface area contributed by atoms with Gasteiger partial charge in [0.2, 0.25) is 0 Å². The maximum atomic E-state index is 12.2. The highest BCUT2D eigenvalue weighted by atomic mass is 16.5. The van der Waals surface area contributed by atoms with Crippen molar-refractivity contribution in [2.45, 2.75) is 19.3 Å². The minimum Gasteiger partial charge on any atom is -0.462 e. The highest BCUT2D eigenvalue weighted by Crippen LogP contribution is 2.17. The molecular formula is C16H23NO3. The van der Waals surface area contributed by atoms with Crippen LogP contribution in [0.2, 0.25) is 0 Å². The molecule has 0 aliphatic carbocycles. The fourth-order valence-corrected chi connectivity index (χ4v) is 2.38. The Hall–Kier alpha value is -1.39. The fourth-order valence-electron chi connectivity index (χ4n) is 2.38. The molecule has 1 aliphatic heterocycles. The first-order valence-corrected chi connectivity index (χ1v) is 7.28. The zero-order valence-electron chi connectivity index (χ0n) is 12.1. The molecule has 0 unspecified atom stereocenters. The summed E-state index contributed by atoms with van der Waals surface area (Å²) in [5.41, 5.74) is 1.73. The summed E-state index contributed by atoms with van der Waals surface area (Å²) < 4.78 is 10.8. The number of nitrogens with one attached hydrogen (secondary N) is 1. The number of hydrogen-bond donors (Lipinski definition) is 1. The summed E-state index contributed by atoms with van der Waals surface area (Å²) in [6, 6.07) is 7.67. The lowest BCUT2D eigenvalue weighted by molar-refractivity contribution is 0.0185. The molecule has 0 amide bonds. The monoisotopic (exact) mass is 277 g/mol. The molecular weight excluding hydrogens is 254 g/mol. The third-order valence-corrected chi connectivity index (χ3v) is 3.67. The van der Waals surface area contributed by atoms with Crippen LogP contribution < -0.4 is 5.32 Å². The summed E-state index contributed by atoms with van der Waals surface area (Å²) >= 11 is 0. The molecule has 0 bridgehead atoms. The molecule has 4 heteroatoms. The Morgan fingerprint density at radius 1 is 1.35 bits per heavy atom. The summed E-state index contributed by atoms with van der Waals surface area (Å²) in [6.45, 7) is 2.91. The van der Waals surface area contributed by atoms with Crippen LogP contribution in [0.4, 0.5) is 0 Å². The number of rotatable bonds is 6. The number of likely N-dealkylation sites (N-methyl/N-ethyl adjacent to an activating group) is 1. The third kappa shape index (κ3) is 4.32. The van der Waals surface area contributed by atoms with Crippen molar-refractivity contribution in [3.63, 3.8) is 0 Å². The van der Waals surface area contributed by atoms with Crippen molar-refractivity contribution in [1.82, 2.24) is 5.32 Å². The Bertz CT molecular complexity index is 427. The first-order valence-electron chi connectivity index (χ1n) is 7.28. The smallest absolute Gasteiger partial charge is 0.338 e. The van der Waals surface area contributed by atoms with E-state index in [4.69, 9.17) is 9.47 Å². The van der Waals surface area contributed by atoms with Crippen LogP contribution in [0.5, 0.6) is 0 Å². The van der Waals surface area contributed by atoms with Crippen molar-refractivity contribution in [2.75, 3.05) is 33.4 Å². The van der Waals surface area contributed by atoms with E-state index in [-0.39, 0.29) is 5.97 Å². The summed E-state index contributed by atoms with van der Waals surface area (Å²) in [5, 5.41) is 3.10. The number of hydrogen-bond acceptors (Lipinski definition) is 4. The number of esters is 1.